The number of esters is 1. The quantitative estimate of drug-likeness (QED) is 0.568. The van der Waals surface area contributed by atoms with Crippen molar-refractivity contribution in [3.05, 3.63) is 29.8 Å². The van der Waals surface area contributed by atoms with Gasteiger partial charge >= 0.3 is 5.97 Å². The predicted molar refractivity (Wildman–Crippen MR) is 92.4 cm³/mol. The molecule has 1 saturated heterocycles. The molecular formula is C18H19N3O5. The number of hydrogen-bond acceptors (Lipinski definition) is 7. The number of fused-ring (bicyclic) bond motifs is 1. The first-order valence-electron chi connectivity index (χ1n) is 8.22. The number of nitrogens with zero attached hydrogens (tertiary/aromatic N) is 3. The normalized spacial score (nSPS) is 21.7. The van der Waals surface area contributed by atoms with Gasteiger partial charge in [-0.25, -0.2) is 9.69 Å². The number of methoxy groups -OCH3 is 1. The van der Waals surface area contributed by atoms with Crippen LogP contribution in [-0.2, 0) is 23.9 Å². The van der Waals surface area contributed by atoms with Crippen LogP contribution in [0.2, 0.25) is 0 Å². The Morgan fingerprint density at radius 2 is 1.81 bits per heavy atom. The molecule has 1 fully saturated rings. The van der Waals surface area contributed by atoms with Gasteiger partial charge in [0.15, 0.2) is 5.71 Å². The first-order chi connectivity index (χ1) is 12.3. The van der Waals surface area contributed by atoms with E-state index in [0.29, 0.717) is 5.69 Å². The Labute approximate surface area is 150 Å². The number of rotatable bonds is 5. The van der Waals surface area contributed by atoms with E-state index in [1.54, 1.807) is 24.3 Å². The summed E-state index contributed by atoms with van der Waals surface area (Å²) in [6, 6.07) is 6.03. The van der Waals surface area contributed by atoms with Crippen LogP contribution in [0.5, 0.6) is 0 Å². The summed E-state index contributed by atoms with van der Waals surface area (Å²) < 4.78 is 4.71. The molecule has 8 nitrogen and oxygen atoms in total. The molecule has 0 N–H and O–H groups in total. The van der Waals surface area contributed by atoms with Gasteiger partial charge in [-0.3, -0.25) is 19.4 Å². The van der Waals surface area contributed by atoms with Gasteiger partial charge in [0.05, 0.1) is 12.8 Å². The van der Waals surface area contributed by atoms with E-state index in [9.17, 15) is 19.2 Å². The van der Waals surface area contributed by atoms with E-state index in [4.69, 9.17) is 4.74 Å². The number of hydrazone groups is 1. The Morgan fingerprint density at radius 1 is 1.15 bits per heavy atom. The Kier molecular flexibility index (Phi) is 4.58. The van der Waals surface area contributed by atoms with E-state index < -0.39 is 29.7 Å². The van der Waals surface area contributed by atoms with Gasteiger partial charge in [0, 0.05) is 13.0 Å². The lowest BCUT2D eigenvalue weighted by molar-refractivity contribution is -0.133. The number of hydrogen-bond donors (Lipinski definition) is 0. The molecule has 2 aliphatic rings. The molecule has 2 atom stereocenters. The highest BCUT2D eigenvalue weighted by atomic mass is 16.5. The number of benzene rings is 1. The standard InChI is InChI=1S/C18H19N3O5/c1-10-4-6-12(7-5-10)21-16(23)13-14(18(25)26-3)19-20(9-8-11(2)22)15(13)17(21)24/h4-7,13,15H,8-9H2,1-3H3. The van der Waals surface area contributed by atoms with Crippen molar-refractivity contribution in [2.75, 3.05) is 18.6 Å². The molecule has 0 radical (unpaired) electrons. The average molecular weight is 357 g/mol. The van der Waals surface area contributed by atoms with Crippen molar-refractivity contribution in [2.24, 2.45) is 11.0 Å². The SMILES string of the molecule is COC(=O)C1=NN(CCC(C)=O)C2C(=O)N(c3ccc(C)cc3)C(=O)C12. The van der Waals surface area contributed by atoms with Gasteiger partial charge in [0.1, 0.15) is 17.7 Å². The smallest absolute Gasteiger partial charge is 0.355 e. The molecule has 2 heterocycles. The molecule has 0 aromatic heterocycles. The number of Topliss-reactive ketones (excluding diaryl/α,β-unsaturated/α-hetero) is 1. The third-order valence-corrected chi connectivity index (χ3v) is 4.51. The number of anilines is 1. The number of amides is 2. The molecule has 0 bridgehead atoms. The second-order valence-electron chi connectivity index (χ2n) is 6.36. The average Bonchev–Trinajstić information content (AvgIpc) is 3.11. The van der Waals surface area contributed by atoms with Crippen molar-refractivity contribution in [3.8, 4) is 0 Å². The first-order valence-corrected chi connectivity index (χ1v) is 8.22. The predicted octanol–water partition coefficient (Wildman–Crippen LogP) is 0.677. The topological polar surface area (TPSA) is 96.3 Å². The van der Waals surface area contributed by atoms with Crippen LogP contribution in [0.1, 0.15) is 18.9 Å². The Bertz CT molecular complexity index is 815. The molecule has 1 aromatic carbocycles. The van der Waals surface area contributed by atoms with Gasteiger partial charge < -0.3 is 4.74 Å². The van der Waals surface area contributed by atoms with E-state index in [0.717, 1.165) is 10.5 Å². The van der Waals surface area contributed by atoms with Crippen molar-refractivity contribution in [1.29, 1.82) is 0 Å². The fraction of sp³-hybridized carbons (Fsp3) is 0.389. The minimum absolute atomic E-state index is 0.0737. The molecule has 3 rings (SSSR count). The number of imide groups is 1. The number of ketones is 1. The molecule has 0 aliphatic carbocycles. The summed E-state index contributed by atoms with van der Waals surface area (Å²) in [5, 5.41) is 5.47. The van der Waals surface area contributed by atoms with Crippen LogP contribution >= 0.6 is 0 Å². The summed E-state index contributed by atoms with van der Waals surface area (Å²) >= 11 is 0. The van der Waals surface area contributed by atoms with Crippen LogP contribution in [0.4, 0.5) is 5.69 Å². The van der Waals surface area contributed by atoms with E-state index in [1.807, 2.05) is 6.92 Å². The molecule has 2 amide bonds. The summed E-state index contributed by atoms with van der Waals surface area (Å²) in [6.45, 7) is 3.48. The first kappa shape index (κ1) is 17.8. The summed E-state index contributed by atoms with van der Waals surface area (Å²) in [7, 11) is 1.19. The van der Waals surface area contributed by atoms with Crippen molar-refractivity contribution < 1.29 is 23.9 Å². The zero-order valence-corrected chi connectivity index (χ0v) is 14.8. The molecule has 2 aliphatic heterocycles. The third kappa shape index (κ3) is 2.87. The highest BCUT2D eigenvalue weighted by Crippen LogP contribution is 2.35. The molecular weight excluding hydrogens is 338 g/mol. The van der Waals surface area contributed by atoms with Gasteiger partial charge in [-0.2, -0.15) is 5.10 Å². The molecule has 26 heavy (non-hydrogen) atoms. The second kappa shape index (κ2) is 6.70. The molecule has 8 heteroatoms. The minimum Gasteiger partial charge on any atom is -0.464 e. The van der Waals surface area contributed by atoms with Gasteiger partial charge in [-0.05, 0) is 26.0 Å². The monoisotopic (exact) mass is 357 g/mol. The van der Waals surface area contributed by atoms with Crippen molar-refractivity contribution in [2.45, 2.75) is 26.3 Å². The molecule has 0 saturated carbocycles. The van der Waals surface area contributed by atoms with Crippen molar-refractivity contribution in [1.82, 2.24) is 5.01 Å². The Hall–Kier alpha value is -3.03. The summed E-state index contributed by atoms with van der Waals surface area (Å²) in [5.74, 6) is -2.83. The summed E-state index contributed by atoms with van der Waals surface area (Å²) in [5.41, 5.74) is 1.33. The van der Waals surface area contributed by atoms with Crippen LogP contribution in [0.25, 0.3) is 0 Å². The van der Waals surface area contributed by atoms with Gasteiger partial charge in [-0.1, -0.05) is 17.7 Å². The highest BCUT2D eigenvalue weighted by molar-refractivity contribution is 6.46. The lowest BCUT2D eigenvalue weighted by atomic mass is 9.98. The van der Waals surface area contributed by atoms with Gasteiger partial charge in [0.2, 0.25) is 5.91 Å². The van der Waals surface area contributed by atoms with Crippen LogP contribution in [0.15, 0.2) is 29.4 Å². The lowest BCUT2D eigenvalue weighted by Crippen LogP contribution is -2.39. The minimum atomic E-state index is -1.02. The maximum atomic E-state index is 12.9. The Balaban J connectivity index is 1.97. The van der Waals surface area contributed by atoms with E-state index >= 15 is 0 Å². The third-order valence-electron chi connectivity index (χ3n) is 4.51. The summed E-state index contributed by atoms with van der Waals surface area (Å²) in [4.78, 5) is 50.3. The van der Waals surface area contributed by atoms with Gasteiger partial charge in [-0.15, -0.1) is 0 Å². The van der Waals surface area contributed by atoms with Crippen LogP contribution in [-0.4, -0.2) is 54.0 Å². The number of aryl methyl sites for hydroxylation is 1. The number of ether oxygens (including phenoxy) is 1. The zero-order chi connectivity index (χ0) is 19.0. The van der Waals surface area contributed by atoms with E-state index in [2.05, 4.69) is 5.10 Å². The fourth-order valence-electron chi connectivity index (χ4n) is 3.17. The van der Waals surface area contributed by atoms with E-state index in [-0.39, 0.29) is 24.5 Å². The molecule has 1 aromatic rings. The maximum Gasteiger partial charge on any atom is 0.355 e. The lowest BCUT2D eigenvalue weighted by Gasteiger charge is -2.21. The molecule has 136 valence electrons. The van der Waals surface area contributed by atoms with Gasteiger partial charge in [0.25, 0.3) is 5.91 Å². The van der Waals surface area contributed by atoms with Crippen molar-refractivity contribution >= 4 is 35.0 Å². The largest absolute Gasteiger partial charge is 0.464 e. The highest BCUT2D eigenvalue weighted by Gasteiger charge is 2.58. The number of carbonyl (C=O) groups excluding carboxylic acids is 4. The maximum absolute atomic E-state index is 12.9. The van der Waals surface area contributed by atoms with Crippen LogP contribution in [0, 0.1) is 12.8 Å². The van der Waals surface area contributed by atoms with Crippen molar-refractivity contribution in [3.63, 3.8) is 0 Å². The molecule has 0 spiro atoms. The molecule has 2 unspecified atom stereocenters. The van der Waals surface area contributed by atoms with Crippen LogP contribution < -0.4 is 4.90 Å². The number of carbonyl (C=O) groups is 4. The van der Waals surface area contributed by atoms with Crippen LogP contribution in [0.3, 0.4) is 0 Å². The summed E-state index contributed by atoms with van der Waals surface area (Å²) in [6.07, 6.45) is 0.160. The zero-order valence-electron chi connectivity index (χ0n) is 14.8. The van der Waals surface area contributed by atoms with E-state index in [1.165, 1.54) is 19.0 Å². The Morgan fingerprint density at radius 3 is 2.38 bits per heavy atom. The fourth-order valence-corrected chi connectivity index (χ4v) is 3.17. The second-order valence-corrected chi connectivity index (χ2v) is 6.36.